The summed E-state index contributed by atoms with van der Waals surface area (Å²) in [6.07, 6.45) is 2.27. The molecule has 0 aliphatic carbocycles. The second-order valence-electron chi connectivity index (χ2n) is 16.3. The van der Waals surface area contributed by atoms with Crippen LogP contribution < -0.4 is 43.5 Å². The lowest BCUT2D eigenvalue weighted by Crippen LogP contribution is -2.50. The van der Waals surface area contributed by atoms with Gasteiger partial charge in [0, 0.05) is 75.6 Å². The van der Waals surface area contributed by atoms with Crippen molar-refractivity contribution in [2.45, 2.75) is 78.5 Å². The van der Waals surface area contributed by atoms with Crippen LogP contribution in [0.25, 0.3) is 21.9 Å². The van der Waals surface area contributed by atoms with Gasteiger partial charge in [-0.3, -0.25) is 24.5 Å². The molecule has 0 radical (unpaired) electrons. The molecule has 0 saturated carbocycles. The van der Waals surface area contributed by atoms with Crippen molar-refractivity contribution in [1.29, 1.82) is 0 Å². The molecule has 358 valence electrons. The second-order valence-corrected chi connectivity index (χ2v) is 16.3. The molecule has 1 aliphatic rings. The fourth-order valence-corrected chi connectivity index (χ4v) is 7.58. The van der Waals surface area contributed by atoms with Gasteiger partial charge in [-0.25, -0.2) is 30.2 Å². The van der Waals surface area contributed by atoms with Crippen LogP contribution in [0.4, 0.5) is 25.9 Å². The number of nitrogens with zero attached hydrogens (tertiary/aromatic N) is 4. The first-order chi connectivity index (χ1) is 31.9. The molecular formula is C45H64N12O9. The summed E-state index contributed by atoms with van der Waals surface area (Å²) in [5.74, 6) is 3.69. The van der Waals surface area contributed by atoms with Crippen LogP contribution in [0, 0.1) is 11.8 Å². The molecule has 21 nitrogen and oxygen atoms in total. The van der Waals surface area contributed by atoms with Crippen LogP contribution in [-0.4, -0.2) is 120 Å². The predicted octanol–water partition coefficient (Wildman–Crippen LogP) is 3.30. The minimum absolute atomic E-state index is 0.0943. The molecule has 7 amide bonds. The summed E-state index contributed by atoms with van der Waals surface area (Å²) in [6, 6.07) is 12.7. The lowest BCUT2D eigenvalue weighted by molar-refractivity contribution is -0.133. The number of benzene rings is 2. The molecule has 2 aromatic carbocycles. The highest BCUT2D eigenvalue weighted by molar-refractivity contribution is 6.09. The van der Waals surface area contributed by atoms with Gasteiger partial charge < -0.3 is 51.3 Å². The number of rotatable bonds is 25. The number of Topliss-reactive ketones (excluding diaryl/α,β-unsaturated/α-hetero) is 1. The zero-order valence-corrected chi connectivity index (χ0v) is 38.0. The van der Waals surface area contributed by atoms with E-state index in [1.165, 1.54) is 0 Å². The number of hydrogen-bond donors (Lipinski definition) is 8. The predicted molar refractivity (Wildman–Crippen MR) is 248 cm³/mol. The van der Waals surface area contributed by atoms with Crippen LogP contribution in [0.15, 0.2) is 48.5 Å². The Kier molecular flexibility index (Phi) is 19.9. The number of nitrogens with one attached hydrogen (secondary N) is 6. The van der Waals surface area contributed by atoms with E-state index in [2.05, 4.69) is 48.2 Å². The first-order valence-corrected chi connectivity index (χ1v) is 22.5. The summed E-state index contributed by atoms with van der Waals surface area (Å²) in [7, 11) is 0. The molecule has 66 heavy (non-hydrogen) atoms. The molecule has 3 heterocycles. The number of unbranched alkanes of at least 4 members (excludes halogenated alkanes) is 1. The summed E-state index contributed by atoms with van der Waals surface area (Å²) >= 11 is 0. The first-order valence-electron chi connectivity index (χ1n) is 22.5. The summed E-state index contributed by atoms with van der Waals surface area (Å²) in [5, 5.41) is 17.8. The highest BCUT2D eigenvalue weighted by atomic mass is 16.6. The van der Waals surface area contributed by atoms with Crippen molar-refractivity contribution in [2.75, 3.05) is 69.7 Å². The number of pyridine rings is 1. The minimum Gasteiger partial charge on any atom is -0.444 e. The third-order valence-corrected chi connectivity index (χ3v) is 11.0. The van der Waals surface area contributed by atoms with Gasteiger partial charge in [-0.05, 0) is 48.9 Å². The highest BCUT2D eigenvalue weighted by Gasteiger charge is 2.30. The number of aryl methyl sites for hydroxylation is 1. The number of aromatic nitrogens is 3. The maximum atomic E-state index is 13.6. The van der Waals surface area contributed by atoms with Crippen molar-refractivity contribution >= 4 is 69.2 Å². The Morgan fingerprint density at radius 1 is 0.909 bits per heavy atom. The number of para-hydroxylation sites is 1. The molecule has 5 rings (SSSR count). The van der Waals surface area contributed by atoms with E-state index in [0.29, 0.717) is 74.5 Å². The van der Waals surface area contributed by atoms with Gasteiger partial charge in [0.15, 0.2) is 11.6 Å². The van der Waals surface area contributed by atoms with Gasteiger partial charge in [-0.2, -0.15) is 0 Å². The van der Waals surface area contributed by atoms with E-state index in [-0.39, 0.29) is 49.5 Å². The van der Waals surface area contributed by atoms with Gasteiger partial charge in [0.2, 0.25) is 11.8 Å². The Morgan fingerprint density at radius 3 is 2.38 bits per heavy atom. The summed E-state index contributed by atoms with van der Waals surface area (Å²) in [4.78, 5) is 92.1. The van der Waals surface area contributed by atoms with E-state index in [0.717, 1.165) is 42.7 Å². The first kappa shape index (κ1) is 50.6. The van der Waals surface area contributed by atoms with E-state index in [1.54, 1.807) is 43.0 Å². The van der Waals surface area contributed by atoms with Gasteiger partial charge >= 0.3 is 18.2 Å². The number of carbonyl (C=O) groups excluding carboxylic acids is 6. The molecule has 1 fully saturated rings. The molecule has 2 atom stereocenters. The highest BCUT2D eigenvalue weighted by Crippen LogP contribution is 2.31. The van der Waals surface area contributed by atoms with E-state index in [9.17, 15) is 28.8 Å². The summed E-state index contributed by atoms with van der Waals surface area (Å²) in [5.41, 5.74) is 8.26. The number of piperazine rings is 1. The van der Waals surface area contributed by atoms with Crippen molar-refractivity contribution in [2.24, 2.45) is 23.5 Å². The third-order valence-electron chi connectivity index (χ3n) is 11.0. The topological polar surface area (TPSA) is 288 Å². The Balaban J connectivity index is 1.21. The Hall–Kier alpha value is -6.42. The largest absolute Gasteiger partial charge is 0.444 e. The number of primary amides is 1. The standard InChI is InChI=1S/C45H64N12O9/c1-4-5-12-36-53-39-40(57(36)23-25-64-24-20-50-44(62)56-21-18-48-19-22-56)33-10-6-7-11-34(33)52-41(39)55-45(63)65-27-30-13-15-32(16-14-30)51-42(60)31(9-8-17-49-43(46)61)26-35(58)38(29(2)3)54-37(59)28-66-47/h6-7,10-11,13-16,29,31,38,48H,4-5,8-9,12,17-28,47H2,1-3H3,(H,50,62)(H,51,60)(H,54,59)(H3,46,49,61)(H,52,55,63)/t31-,38+/m0/s1. The van der Waals surface area contributed by atoms with Crippen LogP contribution >= 0.6 is 0 Å². The fourth-order valence-electron chi connectivity index (χ4n) is 7.58. The molecule has 1 saturated heterocycles. The third kappa shape index (κ3) is 15.1. The van der Waals surface area contributed by atoms with Gasteiger partial charge in [-0.15, -0.1) is 0 Å². The monoisotopic (exact) mass is 916 g/mol. The normalized spacial score (nSPS) is 13.6. The number of ketones is 1. The molecule has 0 unspecified atom stereocenters. The van der Waals surface area contributed by atoms with Gasteiger partial charge in [0.1, 0.15) is 24.6 Å². The Bertz CT molecular complexity index is 2260. The number of hydrogen-bond acceptors (Lipinski definition) is 13. The number of carbonyl (C=O) groups is 6. The van der Waals surface area contributed by atoms with Gasteiger partial charge in [0.25, 0.3) is 0 Å². The van der Waals surface area contributed by atoms with Gasteiger partial charge in [-0.1, -0.05) is 57.5 Å². The van der Waals surface area contributed by atoms with Crippen LogP contribution in [-0.2, 0) is 48.3 Å². The molecule has 21 heteroatoms. The Labute approximate surface area is 383 Å². The van der Waals surface area contributed by atoms with E-state index >= 15 is 0 Å². The number of amides is 7. The van der Waals surface area contributed by atoms with Crippen molar-refractivity contribution in [3.8, 4) is 0 Å². The number of anilines is 2. The SMILES string of the molecule is CCCCc1nc2c(NC(=O)OCc3ccc(NC(=O)[C@@H](CCCNC(N)=O)CC(=O)[C@H](NC(=O)CON)C(C)C)cc3)nc3ccccc3c2n1CCOCCNC(=O)N1CCNCC1. The number of fused-ring (bicyclic) bond motifs is 3. The molecule has 4 aromatic rings. The Morgan fingerprint density at radius 2 is 1.67 bits per heavy atom. The molecule has 2 aromatic heterocycles. The van der Waals surface area contributed by atoms with Crippen molar-refractivity contribution in [3.63, 3.8) is 0 Å². The maximum absolute atomic E-state index is 13.6. The summed E-state index contributed by atoms with van der Waals surface area (Å²) in [6.45, 7) is 9.85. The quantitative estimate of drug-likeness (QED) is 0.0350. The van der Waals surface area contributed by atoms with Crippen LogP contribution in [0.1, 0.15) is 64.3 Å². The van der Waals surface area contributed by atoms with Crippen molar-refractivity contribution < 1.29 is 43.1 Å². The average Bonchev–Trinajstić information content (AvgIpc) is 3.68. The fraction of sp³-hybridized carbons (Fsp3) is 0.511. The van der Waals surface area contributed by atoms with E-state index in [1.807, 2.05) is 24.3 Å². The number of imidazole rings is 1. The number of ether oxygens (including phenoxy) is 2. The van der Waals surface area contributed by atoms with Crippen LogP contribution in [0.5, 0.6) is 0 Å². The maximum Gasteiger partial charge on any atom is 0.413 e. The van der Waals surface area contributed by atoms with Gasteiger partial charge in [0.05, 0.1) is 30.3 Å². The average molecular weight is 917 g/mol. The lowest BCUT2D eigenvalue weighted by atomic mass is 9.89. The van der Waals surface area contributed by atoms with Crippen molar-refractivity contribution in [1.82, 2.24) is 40.7 Å². The van der Waals surface area contributed by atoms with E-state index < -0.39 is 42.5 Å². The van der Waals surface area contributed by atoms with Crippen molar-refractivity contribution in [3.05, 3.63) is 59.9 Å². The molecule has 0 spiro atoms. The number of nitrogens with two attached hydrogens (primary N) is 2. The zero-order chi connectivity index (χ0) is 47.4. The van der Waals surface area contributed by atoms with Crippen LogP contribution in [0.3, 0.4) is 0 Å². The summed E-state index contributed by atoms with van der Waals surface area (Å²) < 4.78 is 13.7. The molecule has 0 bridgehead atoms. The lowest BCUT2D eigenvalue weighted by Gasteiger charge is -2.27. The van der Waals surface area contributed by atoms with Crippen LogP contribution in [0.2, 0.25) is 0 Å². The number of urea groups is 2. The molecular weight excluding hydrogens is 853 g/mol. The molecule has 1 aliphatic heterocycles. The molecule has 10 N–H and O–H groups in total. The smallest absolute Gasteiger partial charge is 0.413 e. The zero-order valence-electron chi connectivity index (χ0n) is 38.0. The van der Waals surface area contributed by atoms with E-state index in [4.69, 9.17) is 31.1 Å². The second kappa shape index (κ2) is 25.9. The minimum atomic E-state index is -0.877.